The Labute approximate surface area is 108 Å². The van der Waals surface area contributed by atoms with Gasteiger partial charge in [0, 0.05) is 6.07 Å². The Morgan fingerprint density at radius 3 is 2.81 bits per heavy atom. The largest absolute Gasteiger partial charge is 0.492 e. The zero-order chi connectivity index (χ0) is 12.0. The fourth-order valence-electron chi connectivity index (χ4n) is 1.11. The van der Waals surface area contributed by atoms with Gasteiger partial charge in [-0.1, -0.05) is 0 Å². The summed E-state index contributed by atoms with van der Waals surface area (Å²) < 4.78 is 6.17. The minimum atomic E-state index is -0.437. The molecule has 0 unspecified atom stereocenters. The van der Waals surface area contributed by atoms with Gasteiger partial charge in [0.05, 0.1) is 22.1 Å². The second-order valence-corrected chi connectivity index (χ2v) is 4.45. The molecule has 0 saturated heterocycles. The van der Waals surface area contributed by atoms with Crippen LogP contribution in [0.5, 0.6) is 5.75 Å². The highest BCUT2D eigenvalue weighted by Gasteiger charge is 2.10. The van der Waals surface area contributed by atoms with Gasteiger partial charge in [0.25, 0.3) is 5.69 Å². The van der Waals surface area contributed by atoms with E-state index in [2.05, 4.69) is 28.6 Å². The Hall–Kier alpha value is -0.750. The van der Waals surface area contributed by atoms with Crippen LogP contribution in [0.25, 0.3) is 0 Å². The lowest BCUT2D eigenvalue weighted by molar-refractivity contribution is -0.385. The first-order chi connectivity index (χ1) is 7.65. The van der Waals surface area contributed by atoms with E-state index < -0.39 is 4.92 Å². The SMILES string of the molecule is O=[N+]([O-])c1ccc(Br)c(OCCCCS)c1. The highest BCUT2D eigenvalue weighted by atomic mass is 79.9. The fraction of sp³-hybridized carbons (Fsp3) is 0.400. The number of nitro groups is 1. The Morgan fingerprint density at radius 1 is 1.44 bits per heavy atom. The minimum Gasteiger partial charge on any atom is -0.492 e. The number of benzene rings is 1. The van der Waals surface area contributed by atoms with Crippen LogP contribution in [0.3, 0.4) is 0 Å². The molecule has 0 saturated carbocycles. The third-order valence-electron chi connectivity index (χ3n) is 1.94. The summed E-state index contributed by atoms with van der Waals surface area (Å²) in [5.41, 5.74) is 0.0346. The van der Waals surface area contributed by atoms with Crippen molar-refractivity contribution < 1.29 is 9.66 Å². The first-order valence-electron chi connectivity index (χ1n) is 4.82. The van der Waals surface area contributed by atoms with Gasteiger partial charge in [-0.15, -0.1) is 0 Å². The molecule has 0 bridgehead atoms. The molecule has 1 aromatic carbocycles. The number of halogens is 1. The van der Waals surface area contributed by atoms with E-state index in [1.54, 1.807) is 6.07 Å². The predicted molar refractivity (Wildman–Crippen MR) is 69.4 cm³/mol. The molecule has 0 atom stereocenters. The van der Waals surface area contributed by atoms with Crippen LogP contribution in [0.4, 0.5) is 5.69 Å². The summed E-state index contributed by atoms with van der Waals surface area (Å²) in [5.74, 6) is 1.33. The van der Waals surface area contributed by atoms with Crippen LogP contribution in [-0.4, -0.2) is 17.3 Å². The van der Waals surface area contributed by atoms with Crippen LogP contribution in [-0.2, 0) is 0 Å². The van der Waals surface area contributed by atoms with E-state index in [4.69, 9.17) is 4.74 Å². The average molecular weight is 306 g/mol. The van der Waals surface area contributed by atoms with Crippen LogP contribution in [0.15, 0.2) is 22.7 Å². The van der Waals surface area contributed by atoms with Crippen LogP contribution in [0.1, 0.15) is 12.8 Å². The summed E-state index contributed by atoms with van der Waals surface area (Å²) in [6, 6.07) is 4.47. The topological polar surface area (TPSA) is 52.4 Å². The maximum absolute atomic E-state index is 10.6. The molecule has 0 spiro atoms. The van der Waals surface area contributed by atoms with Gasteiger partial charge in [-0.05, 0) is 40.6 Å². The molecule has 1 rings (SSSR count). The Bertz CT molecular complexity index is 373. The van der Waals surface area contributed by atoms with E-state index >= 15 is 0 Å². The molecule has 0 aliphatic heterocycles. The summed E-state index contributed by atoms with van der Waals surface area (Å²) in [5, 5.41) is 10.6. The van der Waals surface area contributed by atoms with Gasteiger partial charge in [0.2, 0.25) is 0 Å². The summed E-state index contributed by atoms with van der Waals surface area (Å²) in [7, 11) is 0. The highest BCUT2D eigenvalue weighted by molar-refractivity contribution is 9.10. The van der Waals surface area contributed by atoms with E-state index in [0.717, 1.165) is 23.1 Å². The highest BCUT2D eigenvalue weighted by Crippen LogP contribution is 2.29. The van der Waals surface area contributed by atoms with Crippen molar-refractivity contribution >= 4 is 34.2 Å². The second kappa shape index (κ2) is 6.75. The average Bonchev–Trinajstić information content (AvgIpc) is 2.26. The lowest BCUT2D eigenvalue weighted by Crippen LogP contribution is -1.99. The molecular weight excluding hydrogens is 294 g/mol. The number of hydrogen-bond donors (Lipinski definition) is 1. The maximum Gasteiger partial charge on any atom is 0.273 e. The molecule has 16 heavy (non-hydrogen) atoms. The van der Waals surface area contributed by atoms with Gasteiger partial charge in [0.1, 0.15) is 5.75 Å². The van der Waals surface area contributed by atoms with Gasteiger partial charge < -0.3 is 4.74 Å². The lowest BCUT2D eigenvalue weighted by atomic mass is 10.3. The molecule has 0 fully saturated rings. The number of hydrogen-bond acceptors (Lipinski definition) is 4. The summed E-state index contributed by atoms with van der Waals surface area (Å²) in [4.78, 5) is 10.1. The van der Waals surface area contributed by atoms with Gasteiger partial charge in [-0.3, -0.25) is 10.1 Å². The molecule has 0 amide bonds. The zero-order valence-corrected chi connectivity index (χ0v) is 11.0. The van der Waals surface area contributed by atoms with E-state index in [1.807, 2.05) is 0 Å². The zero-order valence-electron chi connectivity index (χ0n) is 8.56. The monoisotopic (exact) mass is 305 g/mol. The molecule has 0 aliphatic rings. The molecule has 0 aromatic heterocycles. The quantitative estimate of drug-likeness (QED) is 0.379. The Kier molecular flexibility index (Phi) is 5.62. The van der Waals surface area contributed by atoms with Crippen molar-refractivity contribution in [2.45, 2.75) is 12.8 Å². The van der Waals surface area contributed by atoms with E-state index in [9.17, 15) is 10.1 Å². The molecule has 0 N–H and O–H groups in total. The first-order valence-corrected chi connectivity index (χ1v) is 6.25. The van der Waals surface area contributed by atoms with Crippen molar-refractivity contribution in [3.8, 4) is 5.75 Å². The number of unbranched alkanes of at least 4 members (excludes halogenated alkanes) is 1. The van der Waals surface area contributed by atoms with Crippen molar-refractivity contribution in [3.05, 3.63) is 32.8 Å². The van der Waals surface area contributed by atoms with Crippen LogP contribution < -0.4 is 4.74 Å². The fourth-order valence-corrected chi connectivity index (χ4v) is 1.70. The number of nitro benzene ring substituents is 1. The molecular formula is C10H12BrNO3S. The predicted octanol–water partition coefficient (Wildman–Crippen LogP) is 3.45. The van der Waals surface area contributed by atoms with Crippen molar-refractivity contribution in [3.63, 3.8) is 0 Å². The molecule has 88 valence electrons. The standard InChI is InChI=1S/C10H12BrNO3S/c11-9-4-3-8(12(13)14)7-10(9)15-5-1-2-6-16/h3-4,7,16H,1-2,5-6H2. The lowest BCUT2D eigenvalue weighted by Gasteiger charge is -2.07. The molecule has 0 heterocycles. The number of thiol groups is 1. The Balaban J connectivity index is 2.63. The van der Waals surface area contributed by atoms with E-state index in [0.29, 0.717) is 12.4 Å². The molecule has 6 heteroatoms. The molecule has 1 aromatic rings. The van der Waals surface area contributed by atoms with Gasteiger partial charge in [-0.2, -0.15) is 12.6 Å². The number of rotatable bonds is 6. The summed E-state index contributed by atoms with van der Waals surface area (Å²) >= 11 is 7.38. The minimum absolute atomic E-state index is 0.0346. The normalized spacial score (nSPS) is 10.1. The van der Waals surface area contributed by atoms with Crippen molar-refractivity contribution in [2.75, 3.05) is 12.4 Å². The first kappa shape index (κ1) is 13.3. The van der Waals surface area contributed by atoms with E-state index in [-0.39, 0.29) is 5.69 Å². The number of ether oxygens (including phenoxy) is 1. The maximum atomic E-state index is 10.6. The summed E-state index contributed by atoms with van der Waals surface area (Å²) in [6.07, 6.45) is 1.86. The van der Waals surface area contributed by atoms with Gasteiger partial charge in [0.15, 0.2) is 0 Å². The third kappa shape index (κ3) is 4.02. The van der Waals surface area contributed by atoms with Gasteiger partial charge >= 0.3 is 0 Å². The van der Waals surface area contributed by atoms with E-state index in [1.165, 1.54) is 12.1 Å². The molecule has 4 nitrogen and oxygen atoms in total. The molecule has 0 aliphatic carbocycles. The van der Waals surface area contributed by atoms with Crippen LogP contribution >= 0.6 is 28.6 Å². The second-order valence-electron chi connectivity index (χ2n) is 3.15. The van der Waals surface area contributed by atoms with Crippen molar-refractivity contribution in [2.24, 2.45) is 0 Å². The van der Waals surface area contributed by atoms with Crippen molar-refractivity contribution in [1.82, 2.24) is 0 Å². The summed E-state index contributed by atoms with van der Waals surface area (Å²) in [6.45, 7) is 0.542. The number of non-ortho nitro benzene ring substituents is 1. The smallest absolute Gasteiger partial charge is 0.273 e. The number of nitrogens with zero attached hydrogens (tertiary/aromatic N) is 1. The van der Waals surface area contributed by atoms with Crippen molar-refractivity contribution in [1.29, 1.82) is 0 Å². The van der Waals surface area contributed by atoms with Gasteiger partial charge in [-0.25, -0.2) is 0 Å². The van der Waals surface area contributed by atoms with Crippen LogP contribution in [0.2, 0.25) is 0 Å². The molecule has 0 radical (unpaired) electrons. The Morgan fingerprint density at radius 2 is 2.19 bits per heavy atom. The van der Waals surface area contributed by atoms with Crippen LogP contribution in [0, 0.1) is 10.1 Å². The third-order valence-corrected chi connectivity index (χ3v) is 2.91.